The van der Waals surface area contributed by atoms with Crippen molar-refractivity contribution in [2.45, 2.75) is 6.42 Å². The fourth-order valence-electron chi connectivity index (χ4n) is 1.46. The first-order chi connectivity index (χ1) is 7.22. The smallest absolute Gasteiger partial charge is 0.193 e. The van der Waals surface area contributed by atoms with Gasteiger partial charge in [0.2, 0.25) is 0 Å². The van der Waals surface area contributed by atoms with Gasteiger partial charge in [-0.15, -0.1) is 0 Å². The highest BCUT2D eigenvalue weighted by atomic mass is 16.3. The second kappa shape index (κ2) is 3.46. The van der Waals surface area contributed by atoms with Crippen LogP contribution in [-0.4, -0.2) is 15.9 Å². The van der Waals surface area contributed by atoms with Gasteiger partial charge in [-0.3, -0.25) is 4.79 Å². The number of H-pyrrole nitrogens is 1. The lowest BCUT2D eigenvalue weighted by atomic mass is 10.2. The number of aromatic amines is 1. The number of phenols is 1. The summed E-state index contributed by atoms with van der Waals surface area (Å²) in [4.78, 5) is 14.3. The van der Waals surface area contributed by atoms with E-state index < -0.39 is 0 Å². The average molecular weight is 200 g/mol. The lowest BCUT2D eigenvalue weighted by Crippen LogP contribution is -1.96. The zero-order valence-corrected chi connectivity index (χ0v) is 7.82. The Labute approximate surface area is 85.8 Å². The van der Waals surface area contributed by atoms with Crippen LogP contribution < -0.4 is 0 Å². The van der Waals surface area contributed by atoms with Crippen LogP contribution in [0.25, 0.3) is 10.9 Å². The van der Waals surface area contributed by atoms with Crippen LogP contribution in [0, 0.1) is 11.3 Å². The number of benzene rings is 1. The molecule has 0 unspecified atom stereocenters. The van der Waals surface area contributed by atoms with Crippen LogP contribution in [0.3, 0.4) is 0 Å². The minimum Gasteiger partial charge on any atom is -0.507 e. The number of aromatic nitrogens is 1. The van der Waals surface area contributed by atoms with E-state index in [2.05, 4.69) is 4.98 Å². The van der Waals surface area contributed by atoms with Gasteiger partial charge in [0.1, 0.15) is 12.2 Å². The van der Waals surface area contributed by atoms with Crippen LogP contribution >= 0.6 is 0 Å². The molecule has 0 bridgehead atoms. The molecule has 0 radical (unpaired) electrons. The van der Waals surface area contributed by atoms with Crippen molar-refractivity contribution in [2.75, 3.05) is 0 Å². The van der Waals surface area contributed by atoms with Gasteiger partial charge in [-0.2, -0.15) is 5.26 Å². The average Bonchev–Trinajstić information content (AvgIpc) is 2.63. The Morgan fingerprint density at radius 3 is 3.00 bits per heavy atom. The van der Waals surface area contributed by atoms with Crippen molar-refractivity contribution < 1.29 is 9.90 Å². The number of carbonyl (C=O) groups excluding carboxylic acids is 1. The van der Waals surface area contributed by atoms with Gasteiger partial charge in [0.05, 0.1) is 11.8 Å². The number of carbonyl (C=O) groups is 1. The van der Waals surface area contributed by atoms with Crippen molar-refractivity contribution >= 4 is 16.7 Å². The lowest BCUT2D eigenvalue weighted by molar-refractivity contribution is 0.0994. The maximum atomic E-state index is 11.4. The van der Waals surface area contributed by atoms with Crippen LogP contribution in [0.5, 0.6) is 5.75 Å². The largest absolute Gasteiger partial charge is 0.507 e. The molecular formula is C11H8N2O2. The molecule has 4 nitrogen and oxygen atoms in total. The van der Waals surface area contributed by atoms with Gasteiger partial charge in [-0.25, -0.2) is 0 Å². The molecule has 2 N–H and O–H groups in total. The van der Waals surface area contributed by atoms with E-state index in [-0.39, 0.29) is 18.0 Å². The number of nitrogens with one attached hydrogen (secondary N) is 1. The van der Waals surface area contributed by atoms with Crippen LogP contribution in [0.2, 0.25) is 0 Å². The molecule has 0 aliphatic carbocycles. The minimum atomic E-state index is -0.270. The summed E-state index contributed by atoms with van der Waals surface area (Å²) in [6.07, 6.45) is -0.159. The Kier molecular flexibility index (Phi) is 2.14. The Hall–Kier alpha value is -2.28. The molecule has 0 saturated heterocycles. The van der Waals surface area contributed by atoms with Crippen LogP contribution in [0.1, 0.15) is 16.9 Å². The predicted molar refractivity (Wildman–Crippen MR) is 54.5 cm³/mol. The highest BCUT2D eigenvalue weighted by Crippen LogP contribution is 2.25. The molecule has 0 aliphatic heterocycles. The van der Waals surface area contributed by atoms with Crippen molar-refractivity contribution in [3.05, 3.63) is 30.0 Å². The molecule has 0 spiro atoms. The van der Waals surface area contributed by atoms with Gasteiger partial charge in [0.15, 0.2) is 5.78 Å². The number of hydrogen-bond donors (Lipinski definition) is 2. The number of ketones is 1. The van der Waals surface area contributed by atoms with E-state index in [1.54, 1.807) is 30.3 Å². The number of Topliss-reactive ketones (excluding diaryl/α,β-unsaturated/α-hetero) is 1. The summed E-state index contributed by atoms with van der Waals surface area (Å²) in [5.74, 6) is -0.146. The maximum Gasteiger partial charge on any atom is 0.193 e. The predicted octanol–water partition coefficient (Wildman–Crippen LogP) is 1.97. The maximum absolute atomic E-state index is 11.4. The van der Waals surface area contributed by atoms with E-state index in [4.69, 9.17) is 5.26 Å². The third-order valence-electron chi connectivity index (χ3n) is 2.18. The van der Waals surface area contributed by atoms with Crippen LogP contribution in [-0.2, 0) is 0 Å². The van der Waals surface area contributed by atoms with Gasteiger partial charge in [0.25, 0.3) is 0 Å². The van der Waals surface area contributed by atoms with E-state index in [0.717, 1.165) is 0 Å². The standard InChI is InChI=1S/C11H8N2O2/c12-5-4-11(15)9-6-7-8(13-9)2-1-3-10(7)14/h1-3,6,13-14H,4H2. The number of fused-ring (bicyclic) bond motifs is 1. The van der Waals surface area contributed by atoms with E-state index in [0.29, 0.717) is 16.6 Å². The third kappa shape index (κ3) is 1.55. The first-order valence-electron chi connectivity index (χ1n) is 4.43. The number of phenolic OH excluding ortho intramolecular Hbond substituents is 1. The van der Waals surface area contributed by atoms with Gasteiger partial charge < -0.3 is 10.1 Å². The summed E-state index contributed by atoms with van der Waals surface area (Å²) in [5, 5.41) is 18.5. The van der Waals surface area contributed by atoms with Gasteiger partial charge in [-0.1, -0.05) is 6.07 Å². The van der Waals surface area contributed by atoms with Crippen LogP contribution in [0.15, 0.2) is 24.3 Å². The van der Waals surface area contributed by atoms with E-state index in [1.165, 1.54) is 0 Å². The molecule has 0 atom stereocenters. The van der Waals surface area contributed by atoms with Gasteiger partial charge >= 0.3 is 0 Å². The van der Waals surface area contributed by atoms with E-state index in [9.17, 15) is 9.90 Å². The Bertz CT molecular complexity index is 563. The fourth-order valence-corrected chi connectivity index (χ4v) is 1.46. The zero-order chi connectivity index (χ0) is 10.8. The Balaban J connectivity index is 2.53. The summed E-state index contributed by atoms with van der Waals surface area (Å²) in [5.41, 5.74) is 1.05. The molecule has 1 heterocycles. The Morgan fingerprint density at radius 1 is 1.53 bits per heavy atom. The molecule has 2 rings (SSSR count). The molecule has 74 valence electrons. The zero-order valence-electron chi connectivity index (χ0n) is 7.82. The molecule has 0 aliphatic rings. The quantitative estimate of drug-likeness (QED) is 0.727. The summed E-state index contributed by atoms with van der Waals surface area (Å²) < 4.78 is 0. The fraction of sp³-hybridized carbons (Fsp3) is 0.0909. The normalized spacial score (nSPS) is 10.1. The van der Waals surface area contributed by atoms with E-state index in [1.807, 2.05) is 0 Å². The molecular weight excluding hydrogens is 192 g/mol. The minimum absolute atomic E-state index is 0.125. The first kappa shape index (κ1) is 9.28. The lowest BCUT2D eigenvalue weighted by Gasteiger charge is -1.91. The van der Waals surface area contributed by atoms with Crippen molar-refractivity contribution in [3.8, 4) is 11.8 Å². The molecule has 15 heavy (non-hydrogen) atoms. The molecule has 0 saturated carbocycles. The van der Waals surface area contributed by atoms with Crippen LogP contribution in [0.4, 0.5) is 0 Å². The monoisotopic (exact) mass is 200 g/mol. The summed E-state index contributed by atoms with van der Waals surface area (Å²) in [7, 11) is 0. The Morgan fingerprint density at radius 2 is 2.33 bits per heavy atom. The van der Waals surface area contributed by atoms with Gasteiger partial charge in [-0.05, 0) is 18.2 Å². The van der Waals surface area contributed by atoms with Gasteiger partial charge in [0, 0.05) is 10.9 Å². The molecule has 0 amide bonds. The number of nitrogens with zero attached hydrogens (tertiary/aromatic N) is 1. The second-order valence-corrected chi connectivity index (χ2v) is 3.18. The summed E-state index contributed by atoms with van der Waals surface area (Å²) in [6.45, 7) is 0. The molecule has 2 aromatic rings. The summed E-state index contributed by atoms with van der Waals surface area (Å²) >= 11 is 0. The number of rotatable bonds is 2. The van der Waals surface area contributed by atoms with Crippen molar-refractivity contribution in [1.29, 1.82) is 5.26 Å². The van der Waals surface area contributed by atoms with Crippen molar-refractivity contribution in [3.63, 3.8) is 0 Å². The molecule has 1 aromatic carbocycles. The topological polar surface area (TPSA) is 76.9 Å². The number of hydrogen-bond acceptors (Lipinski definition) is 3. The van der Waals surface area contributed by atoms with Crippen molar-refractivity contribution in [1.82, 2.24) is 4.98 Å². The molecule has 4 heteroatoms. The highest BCUT2D eigenvalue weighted by molar-refractivity contribution is 6.01. The SMILES string of the molecule is N#CCC(=O)c1cc2c(O)cccc2[nH]1. The third-order valence-corrected chi connectivity index (χ3v) is 2.18. The first-order valence-corrected chi connectivity index (χ1v) is 4.43. The van der Waals surface area contributed by atoms with Crippen molar-refractivity contribution in [2.24, 2.45) is 0 Å². The van der Waals surface area contributed by atoms with E-state index >= 15 is 0 Å². The summed E-state index contributed by atoms with van der Waals surface area (Å²) in [6, 6.07) is 8.35. The second-order valence-electron chi connectivity index (χ2n) is 3.18. The highest BCUT2D eigenvalue weighted by Gasteiger charge is 2.10. The number of nitriles is 1. The molecule has 1 aromatic heterocycles. The number of aromatic hydroxyl groups is 1. The molecule has 0 fully saturated rings.